The van der Waals surface area contributed by atoms with Gasteiger partial charge < -0.3 is 10.8 Å². The molecule has 0 amide bonds. The van der Waals surface area contributed by atoms with Crippen molar-refractivity contribution in [1.82, 2.24) is 0 Å². The van der Waals surface area contributed by atoms with E-state index in [4.69, 9.17) is 10.8 Å². The summed E-state index contributed by atoms with van der Waals surface area (Å²) in [5, 5.41) is 8.59. The molecule has 3 N–H and O–H groups in total. The predicted molar refractivity (Wildman–Crippen MR) is 44.3 cm³/mol. The predicted octanol–water partition coefficient (Wildman–Crippen LogP) is 1.23. The third-order valence-corrected chi connectivity index (χ3v) is 1.79. The maximum Gasteiger partial charge on any atom is 0.307 e. The molecule has 66 valence electrons. The molecular formula is C8H17NO2. The zero-order valence-electron chi connectivity index (χ0n) is 7.05. The number of carboxylic acid groups (broad SMARTS) is 1. The van der Waals surface area contributed by atoms with Crippen LogP contribution in [0.1, 0.15) is 32.6 Å². The second-order valence-corrected chi connectivity index (χ2v) is 2.77. The van der Waals surface area contributed by atoms with Crippen molar-refractivity contribution in [2.45, 2.75) is 32.6 Å². The fourth-order valence-corrected chi connectivity index (χ4v) is 0.983. The highest BCUT2D eigenvalue weighted by atomic mass is 16.4. The van der Waals surface area contributed by atoms with Crippen LogP contribution >= 0.6 is 0 Å². The number of unbranched alkanes of at least 4 members (excludes halogenated alkanes) is 2. The zero-order valence-corrected chi connectivity index (χ0v) is 7.05. The Bertz CT molecular complexity index is 115. The average molecular weight is 159 g/mol. The first kappa shape index (κ1) is 10.4. The maximum atomic E-state index is 10.4. The fraction of sp³-hybridized carbons (Fsp3) is 0.875. The lowest BCUT2D eigenvalue weighted by atomic mass is 10.0. The van der Waals surface area contributed by atoms with Gasteiger partial charge in [0, 0.05) is 6.54 Å². The number of carboxylic acids is 1. The highest BCUT2D eigenvalue weighted by Crippen LogP contribution is 2.08. The van der Waals surface area contributed by atoms with E-state index in [0.717, 1.165) is 25.7 Å². The van der Waals surface area contributed by atoms with Crippen LogP contribution in [0.4, 0.5) is 0 Å². The van der Waals surface area contributed by atoms with Gasteiger partial charge in [0.1, 0.15) is 0 Å². The zero-order chi connectivity index (χ0) is 8.69. The number of carbonyl (C=O) groups is 1. The normalized spacial score (nSPS) is 12.9. The number of hydrogen-bond donors (Lipinski definition) is 2. The van der Waals surface area contributed by atoms with Crippen molar-refractivity contribution >= 4 is 5.97 Å². The first-order valence-corrected chi connectivity index (χ1v) is 4.15. The second-order valence-electron chi connectivity index (χ2n) is 2.77. The van der Waals surface area contributed by atoms with Gasteiger partial charge in [-0.25, -0.2) is 0 Å². The quantitative estimate of drug-likeness (QED) is 0.573. The maximum absolute atomic E-state index is 10.4. The molecule has 0 aliphatic rings. The molecule has 3 nitrogen and oxygen atoms in total. The number of rotatable bonds is 6. The van der Waals surface area contributed by atoms with Crippen LogP contribution in [0, 0.1) is 5.92 Å². The van der Waals surface area contributed by atoms with Crippen LogP contribution in [-0.4, -0.2) is 17.6 Å². The average Bonchev–Trinajstić information content (AvgIpc) is 1.97. The standard InChI is InChI=1S/C8H17NO2/c1-2-3-4-5-7(6-9)8(10)11/h7H,2-6,9H2,1H3,(H,10,11). The molecule has 0 radical (unpaired) electrons. The number of aliphatic carboxylic acids is 1. The summed E-state index contributed by atoms with van der Waals surface area (Å²) in [5.41, 5.74) is 5.28. The third-order valence-electron chi connectivity index (χ3n) is 1.79. The molecule has 0 saturated heterocycles. The minimum atomic E-state index is -0.761. The molecular weight excluding hydrogens is 142 g/mol. The van der Waals surface area contributed by atoms with Gasteiger partial charge in [-0.1, -0.05) is 26.2 Å². The van der Waals surface area contributed by atoms with E-state index in [2.05, 4.69) is 6.92 Å². The van der Waals surface area contributed by atoms with Gasteiger partial charge in [0.25, 0.3) is 0 Å². The van der Waals surface area contributed by atoms with Crippen molar-refractivity contribution in [2.24, 2.45) is 11.7 Å². The van der Waals surface area contributed by atoms with Crippen LogP contribution in [0.15, 0.2) is 0 Å². The molecule has 0 heterocycles. The SMILES string of the molecule is CCCCCC(CN)C(=O)O. The monoisotopic (exact) mass is 159 g/mol. The van der Waals surface area contributed by atoms with E-state index in [0.29, 0.717) is 0 Å². The van der Waals surface area contributed by atoms with Crippen molar-refractivity contribution < 1.29 is 9.90 Å². The Balaban J connectivity index is 3.44. The molecule has 0 aliphatic heterocycles. The summed E-state index contributed by atoms with van der Waals surface area (Å²) < 4.78 is 0. The van der Waals surface area contributed by atoms with Crippen LogP contribution in [-0.2, 0) is 4.79 Å². The summed E-state index contributed by atoms with van der Waals surface area (Å²) in [7, 11) is 0. The molecule has 0 rings (SSSR count). The summed E-state index contributed by atoms with van der Waals surface area (Å²) in [6.07, 6.45) is 3.92. The van der Waals surface area contributed by atoms with Crippen LogP contribution in [0.2, 0.25) is 0 Å². The van der Waals surface area contributed by atoms with Gasteiger partial charge in [0.15, 0.2) is 0 Å². The van der Waals surface area contributed by atoms with Gasteiger partial charge in [-0.3, -0.25) is 4.79 Å². The van der Waals surface area contributed by atoms with Gasteiger partial charge in [0.2, 0.25) is 0 Å². The Morgan fingerprint density at radius 1 is 1.55 bits per heavy atom. The summed E-state index contributed by atoms with van der Waals surface area (Å²) in [6, 6.07) is 0. The van der Waals surface area contributed by atoms with Crippen LogP contribution in [0.25, 0.3) is 0 Å². The van der Waals surface area contributed by atoms with Crippen LogP contribution in [0.5, 0.6) is 0 Å². The van der Waals surface area contributed by atoms with Crippen molar-refractivity contribution in [1.29, 1.82) is 0 Å². The largest absolute Gasteiger partial charge is 0.481 e. The molecule has 0 aromatic heterocycles. The van der Waals surface area contributed by atoms with Gasteiger partial charge in [0.05, 0.1) is 5.92 Å². The molecule has 0 aromatic rings. The van der Waals surface area contributed by atoms with Crippen molar-refractivity contribution in [3.8, 4) is 0 Å². The summed E-state index contributed by atoms with van der Waals surface area (Å²) >= 11 is 0. The van der Waals surface area contributed by atoms with E-state index in [1.807, 2.05) is 0 Å². The first-order chi connectivity index (χ1) is 5.22. The molecule has 0 fully saturated rings. The lowest BCUT2D eigenvalue weighted by Gasteiger charge is -2.07. The van der Waals surface area contributed by atoms with E-state index < -0.39 is 5.97 Å². The minimum Gasteiger partial charge on any atom is -0.481 e. The van der Waals surface area contributed by atoms with Gasteiger partial charge in [-0.2, -0.15) is 0 Å². The van der Waals surface area contributed by atoms with Gasteiger partial charge in [-0.15, -0.1) is 0 Å². The summed E-state index contributed by atoms with van der Waals surface area (Å²) in [4.78, 5) is 10.4. The molecule has 1 unspecified atom stereocenters. The van der Waals surface area contributed by atoms with Crippen molar-refractivity contribution in [3.63, 3.8) is 0 Å². The lowest BCUT2D eigenvalue weighted by Crippen LogP contribution is -2.22. The summed E-state index contributed by atoms with van der Waals surface area (Å²) in [5.74, 6) is -1.09. The molecule has 0 aliphatic carbocycles. The minimum absolute atomic E-state index is 0.263. The molecule has 0 spiro atoms. The van der Waals surface area contributed by atoms with E-state index >= 15 is 0 Å². The Labute approximate surface area is 67.6 Å². The van der Waals surface area contributed by atoms with Crippen LogP contribution < -0.4 is 5.73 Å². The van der Waals surface area contributed by atoms with Gasteiger partial charge in [-0.05, 0) is 6.42 Å². The fourth-order valence-electron chi connectivity index (χ4n) is 0.983. The van der Waals surface area contributed by atoms with Crippen molar-refractivity contribution in [3.05, 3.63) is 0 Å². The first-order valence-electron chi connectivity index (χ1n) is 4.15. The topological polar surface area (TPSA) is 63.3 Å². The Morgan fingerprint density at radius 3 is 2.55 bits per heavy atom. The second kappa shape index (κ2) is 6.16. The lowest BCUT2D eigenvalue weighted by molar-refractivity contribution is -0.141. The van der Waals surface area contributed by atoms with Gasteiger partial charge >= 0.3 is 5.97 Å². The Hall–Kier alpha value is -0.570. The van der Waals surface area contributed by atoms with E-state index in [-0.39, 0.29) is 12.5 Å². The molecule has 1 atom stereocenters. The van der Waals surface area contributed by atoms with E-state index in [9.17, 15) is 4.79 Å². The molecule has 0 saturated carbocycles. The smallest absolute Gasteiger partial charge is 0.307 e. The van der Waals surface area contributed by atoms with E-state index in [1.54, 1.807) is 0 Å². The molecule has 11 heavy (non-hydrogen) atoms. The number of hydrogen-bond acceptors (Lipinski definition) is 2. The van der Waals surface area contributed by atoms with Crippen LogP contribution in [0.3, 0.4) is 0 Å². The van der Waals surface area contributed by atoms with Crippen molar-refractivity contribution in [2.75, 3.05) is 6.54 Å². The molecule has 3 heteroatoms. The third kappa shape index (κ3) is 4.79. The highest BCUT2D eigenvalue weighted by molar-refractivity contribution is 5.70. The Morgan fingerprint density at radius 2 is 2.18 bits per heavy atom. The summed E-state index contributed by atoms with van der Waals surface area (Å²) in [6.45, 7) is 2.36. The highest BCUT2D eigenvalue weighted by Gasteiger charge is 2.13. The van der Waals surface area contributed by atoms with E-state index in [1.165, 1.54) is 0 Å². The molecule has 0 bridgehead atoms. The number of nitrogens with two attached hydrogens (primary N) is 1. The molecule has 0 aromatic carbocycles. The Kier molecular flexibility index (Phi) is 5.84.